The number of carbonyl (C=O) groups excluding carboxylic acids is 1. The van der Waals surface area contributed by atoms with Crippen LogP contribution in [0.15, 0.2) is 42.5 Å². The van der Waals surface area contributed by atoms with Gasteiger partial charge in [0.2, 0.25) is 15.9 Å². The molecule has 2 aromatic rings. The largest absolute Gasteiger partial charge is 0.486 e. The van der Waals surface area contributed by atoms with Crippen molar-refractivity contribution in [1.29, 1.82) is 5.26 Å². The highest BCUT2D eigenvalue weighted by molar-refractivity contribution is 7.92. The zero-order valence-electron chi connectivity index (χ0n) is 16.1. The number of fused-ring (bicyclic) bond motifs is 1. The summed E-state index contributed by atoms with van der Waals surface area (Å²) >= 11 is 0. The van der Waals surface area contributed by atoms with Gasteiger partial charge in [0.05, 0.1) is 24.4 Å². The van der Waals surface area contributed by atoms with Gasteiger partial charge in [0, 0.05) is 11.8 Å². The lowest BCUT2D eigenvalue weighted by Gasteiger charge is -2.29. The van der Waals surface area contributed by atoms with Crippen LogP contribution in [0.4, 0.5) is 11.4 Å². The standard InChI is InChI=1S/C20H21N3O5S/c1-14(20(24)22-16-5-3-15(4-6-16)9-10-21)23(29(2,25)26)17-7-8-18-19(13-17)28-12-11-27-18/h3-8,13-14H,9,11-12H2,1-2H3,(H,22,24)/t14-/m1/s1. The second kappa shape index (κ2) is 8.41. The number of anilines is 2. The molecule has 0 unspecified atom stereocenters. The topological polar surface area (TPSA) is 109 Å². The molecular formula is C20H21N3O5S. The maximum Gasteiger partial charge on any atom is 0.247 e. The second-order valence-electron chi connectivity index (χ2n) is 6.58. The van der Waals surface area contributed by atoms with Crippen LogP contribution in [0.2, 0.25) is 0 Å². The minimum absolute atomic E-state index is 0.274. The minimum atomic E-state index is -3.76. The van der Waals surface area contributed by atoms with Gasteiger partial charge >= 0.3 is 0 Å². The molecule has 0 fully saturated rings. The number of nitriles is 1. The lowest BCUT2D eigenvalue weighted by atomic mass is 10.1. The van der Waals surface area contributed by atoms with E-state index in [-0.39, 0.29) is 6.42 Å². The van der Waals surface area contributed by atoms with E-state index >= 15 is 0 Å². The van der Waals surface area contributed by atoms with Crippen molar-refractivity contribution >= 4 is 27.3 Å². The number of hydrogen-bond donors (Lipinski definition) is 1. The molecule has 0 saturated heterocycles. The highest BCUT2D eigenvalue weighted by atomic mass is 32.2. The van der Waals surface area contributed by atoms with Gasteiger partial charge in [0.25, 0.3) is 0 Å². The molecule has 29 heavy (non-hydrogen) atoms. The van der Waals surface area contributed by atoms with Crippen LogP contribution >= 0.6 is 0 Å². The first-order valence-corrected chi connectivity index (χ1v) is 10.8. The van der Waals surface area contributed by atoms with Crippen molar-refractivity contribution in [3.63, 3.8) is 0 Å². The fourth-order valence-corrected chi connectivity index (χ4v) is 4.19. The molecule has 9 heteroatoms. The molecule has 1 amide bonds. The van der Waals surface area contributed by atoms with E-state index in [0.29, 0.717) is 36.1 Å². The summed E-state index contributed by atoms with van der Waals surface area (Å²) in [5, 5.41) is 11.4. The van der Waals surface area contributed by atoms with Crippen molar-refractivity contribution in [2.24, 2.45) is 0 Å². The minimum Gasteiger partial charge on any atom is -0.486 e. The molecule has 0 spiro atoms. The molecule has 1 heterocycles. The Kier molecular flexibility index (Phi) is 5.94. The maximum absolute atomic E-state index is 12.7. The van der Waals surface area contributed by atoms with Gasteiger partial charge in [-0.1, -0.05) is 12.1 Å². The van der Waals surface area contributed by atoms with Crippen molar-refractivity contribution < 1.29 is 22.7 Å². The number of hydrogen-bond acceptors (Lipinski definition) is 6. The highest BCUT2D eigenvalue weighted by Crippen LogP contribution is 2.35. The van der Waals surface area contributed by atoms with Crippen molar-refractivity contribution in [3.8, 4) is 17.6 Å². The van der Waals surface area contributed by atoms with E-state index in [4.69, 9.17) is 14.7 Å². The zero-order chi connectivity index (χ0) is 21.0. The number of benzene rings is 2. The molecule has 2 aromatic carbocycles. The average molecular weight is 415 g/mol. The lowest BCUT2D eigenvalue weighted by Crippen LogP contribution is -2.45. The monoisotopic (exact) mass is 415 g/mol. The first kappa shape index (κ1) is 20.5. The second-order valence-corrected chi connectivity index (χ2v) is 8.44. The number of carbonyl (C=O) groups is 1. The number of nitrogens with one attached hydrogen (secondary N) is 1. The van der Waals surface area contributed by atoms with Crippen LogP contribution in [-0.4, -0.2) is 39.8 Å². The molecule has 3 rings (SSSR count). The maximum atomic E-state index is 12.7. The van der Waals surface area contributed by atoms with Gasteiger partial charge in [-0.25, -0.2) is 8.42 Å². The Morgan fingerprint density at radius 2 is 1.83 bits per heavy atom. The summed E-state index contributed by atoms with van der Waals surface area (Å²) < 4.78 is 37.0. The van der Waals surface area contributed by atoms with Gasteiger partial charge in [-0.15, -0.1) is 0 Å². The average Bonchev–Trinajstić information content (AvgIpc) is 2.68. The number of ether oxygens (including phenoxy) is 2. The van der Waals surface area contributed by atoms with E-state index in [0.717, 1.165) is 16.1 Å². The summed E-state index contributed by atoms with van der Waals surface area (Å²) in [7, 11) is -3.76. The Morgan fingerprint density at radius 3 is 2.45 bits per heavy atom. The quantitative estimate of drug-likeness (QED) is 0.776. The van der Waals surface area contributed by atoms with Crippen molar-refractivity contribution in [2.45, 2.75) is 19.4 Å². The number of amides is 1. The SMILES string of the molecule is C[C@H](C(=O)Nc1ccc(CC#N)cc1)N(c1ccc2c(c1)OCCO2)S(C)(=O)=O. The van der Waals surface area contributed by atoms with E-state index in [2.05, 4.69) is 11.4 Å². The smallest absolute Gasteiger partial charge is 0.247 e. The lowest BCUT2D eigenvalue weighted by molar-refractivity contribution is -0.116. The molecule has 0 saturated carbocycles. The van der Waals surface area contributed by atoms with Crippen LogP contribution in [0.1, 0.15) is 12.5 Å². The third kappa shape index (κ3) is 4.78. The van der Waals surface area contributed by atoms with Gasteiger partial charge in [-0.05, 0) is 36.8 Å². The van der Waals surface area contributed by atoms with Crippen molar-refractivity contribution in [1.82, 2.24) is 0 Å². The first-order valence-electron chi connectivity index (χ1n) is 8.95. The summed E-state index contributed by atoms with van der Waals surface area (Å²) in [5.41, 5.74) is 1.65. The molecule has 0 bridgehead atoms. The van der Waals surface area contributed by atoms with Crippen LogP contribution in [0.3, 0.4) is 0 Å². The number of sulfonamides is 1. The fourth-order valence-electron chi connectivity index (χ4n) is 3.02. The molecule has 0 radical (unpaired) electrons. The third-order valence-corrected chi connectivity index (χ3v) is 5.62. The Balaban J connectivity index is 1.83. The molecule has 0 aromatic heterocycles. The van der Waals surface area contributed by atoms with Crippen molar-refractivity contribution in [2.75, 3.05) is 29.1 Å². The van der Waals surface area contributed by atoms with Gasteiger partial charge in [0.1, 0.15) is 19.3 Å². The zero-order valence-corrected chi connectivity index (χ0v) is 16.9. The molecular weight excluding hydrogens is 394 g/mol. The summed E-state index contributed by atoms with van der Waals surface area (Å²) in [4.78, 5) is 12.7. The van der Waals surface area contributed by atoms with E-state index in [1.807, 2.05) is 0 Å². The summed E-state index contributed by atoms with van der Waals surface area (Å²) in [6.07, 6.45) is 1.32. The van der Waals surface area contributed by atoms with Crippen LogP contribution in [0, 0.1) is 11.3 Å². The number of rotatable bonds is 6. The Morgan fingerprint density at radius 1 is 1.17 bits per heavy atom. The predicted octanol–water partition coefficient (Wildman–Crippen LogP) is 2.32. The molecule has 1 atom stereocenters. The molecule has 1 N–H and O–H groups in total. The molecule has 8 nitrogen and oxygen atoms in total. The molecule has 1 aliphatic rings. The molecule has 0 aliphatic carbocycles. The Hall–Kier alpha value is -3.25. The van der Waals surface area contributed by atoms with Crippen LogP contribution in [-0.2, 0) is 21.2 Å². The predicted molar refractivity (Wildman–Crippen MR) is 109 cm³/mol. The van der Waals surface area contributed by atoms with Gasteiger partial charge in [-0.3, -0.25) is 9.10 Å². The molecule has 152 valence electrons. The van der Waals surface area contributed by atoms with Gasteiger partial charge in [-0.2, -0.15) is 5.26 Å². The highest BCUT2D eigenvalue weighted by Gasteiger charge is 2.30. The Bertz CT molecular complexity index is 1040. The van der Waals surface area contributed by atoms with Gasteiger partial charge < -0.3 is 14.8 Å². The van der Waals surface area contributed by atoms with Crippen molar-refractivity contribution in [3.05, 3.63) is 48.0 Å². The van der Waals surface area contributed by atoms with Gasteiger partial charge in [0.15, 0.2) is 11.5 Å². The molecule has 1 aliphatic heterocycles. The fraction of sp³-hybridized carbons (Fsp3) is 0.300. The summed E-state index contributed by atoms with van der Waals surface area (Å²) in [6.45, 7) is 2.30. The summed E-state index contributed by atoms with van der Waals surface area (Å²) in [6, 6.07) is 12.6. The van der Waals surface area contributed by atoms with Crippen LogP contribution in [0.25, 0.3) is 0 Å². The summed E-state index contributed by atoms with van der Waals surface area (Å²) in [5.74, 6) is 0.476. The van der Waals surface area contributed by atoms with E-state index < -0.39 is 22.0 Å². The van der Waals surface area contributed by atoms with E-state index in [9.17, 15) is 13.2 Å². The Labute approximate surface area is 169 Å². The first-order chi connectivity index (χ1) is 13.8. The number of nitrogens with zero attached hydrogens (tertiary/aromatic N) is 2. The van der Waals surface area contributed by atoms with Crippen LogP contribution < -0.4 is 19.1 Å². The van der Waals surface area contributed by atoms with Crippen LogP contribution in [0.5, 0.6) is 11.5 Å². The van der Waals surface area contributed by atoms with E-state index in [1.165, 1.54) is 6.92 Å². The van der Waals surface area contributed by atoms with E-state index in [1.54, 1.807) is 42.5 Å². The third-order valence-electron chi connectivity index (χ3n) is 4.37. The normalized spacial score (nSPS) is 13.8.